The van der Waals surface area contributed by atoms with E-state index in [9.17, 15) is 4.79 Å². The molecule has 0 aliphatic heterocycles. The maximum absolute atomic E-state index is 12.5. The van der Waals surface area contributed by atoms with Crippen molar-refractivity contribution < 1.29 is 9.32 Å². The van der Waals surface area contributed by atoms with Crippen molar-refractivity contribution in [2.45, 2.75) is 26.3 Å². The van der Waals surface area contributed by atoms with E-state index < -0.39 is 0 Å². The smallest absolute Gasteiger partial charge is 0.267 e. The lowest BCUT2D eigenvalue weighted by molar-refractivity contribution is 0.0946. The summed E-state index contributed by atoms with van der Waals surface area (Å²) in [6.07, 6.45) is 6.72. The van der Waals surface area contributed by atoms with E-state index in [2.05, 4.69) is 20.4 Å². The molecule has 0 fully saturated rings. The van der Waals surface area contributed by atoms with Crippen molar-refractivity contribution in [3.8, 4) is 11.3 Å². The van der Waals surface area contributed by atoms with Crippen LogP contribution in [0.3, 0.4) is 0 Å². The van der Waals surface area contributed by atoms with E-state index in [0.29, 0.717) is 18.7 Å². The molecule has 3 aromatic heterocycles. The summed E-state index contributed by atoms with van der Waals surface area (Å²) in [6, 6.07) is 15.6. The molecule has 6 heteroatoms. The van der Waals surface area contributed by atoms with Crippen molar-refractivity contribution in [2.75, 3.05) is 0 Å². The van der Waals surface area contributed by atoms with Crippen LogP contribution in [0.15, 0.2) is 71.6 Å². The van der Waals surface area contributed by atoms with Gasteiger partial charge in [-0.2, -0.15) is 0 Å². The SMILES string of the molecule is CCc1onc(-c2ccccc2)c1Cc1c[nH]c(C(=O)NCc2cccnc2)c1. The Balaban J connectivity index is 1.49. The number of benzene rings is 1. The molecule has 1 aromatic carbocycles. The maximum Gasteiger partial charge on any atom is 0.267 e. The van der Waals surface area contributed by atoms with Gasteiger partial charge in [-0.25, -0.2) is 0 Å². The summed E-state index contributed by atoms with van der Waals surface area (Å²) in [5, 5.41) is 7.19. The van der Waals surface area contributed by atoms with Gasteiger partial charge in [0.1, 0.15) is 17.1 Å². The fraction of sp³-hybridized carbons (Fsp3) is 0.174. The number of amides is 1. The highest BCUT2D eigenvalue weighted by molar-refractivity contribution is 5.92. The number of carbonyl (C=O) groups is 1. The Bertz CT molecular complexity index is 1080. The molecule has 0 saturated heterocycles. The lowest BCUT2D eigenvalue weighted by Gasteiger charge is -2.03. The van der Waals surface area contributed by atoms with Crippen molar-refractivity contribution in [2.24, 2.45) is 0 Å². The second-order valence-electron chi connectivity index (χ2n) is 6.79. The number of aromatic amines is 1. The second kappa shape index (κ2) is 8.56. The van der Waals surface area contributed by atoms with Crippen molar-refractivity contribution in [1.29, 1.82) is 0 Å². The number of nitrogens with zero attached hydrogens (tertiary/aromatic N) is 2. The lowest BCUT2D eigenvalue weighted by Crippen LogP contribution is -2.23. The van der Waals surface area contributed by atoms with E-state index in [1.165, 1.54) is 0 Å². The molecule has 4 rings (SSSR count). The molecule has 0 aliphatic carbocycles. The molecule has 4 aromatic rings. The molecular formula is C23H22N4O2. The average molecular weight is 386 g/mol. The number of carbonyl (C=O) groups excluding carboxylic acids is 1. The number of rotatable bonds is 7. The topological polar surface area (TPSA) is 83.8 Å². The number of nitrogens with one attached hydrogen (secondary N) is 2. The van der Waals surface area contributed by atoms with E-state index in [1.54, 1.807) is 12.4 Å². The largest absolute Gasteiger partial charge is 0.360 e. The molecule has 0 atom stereocenters. The Kier molecular flexibility index (Phi) is 5.52. The van der Waals surface area contributed by atoms with Crippen LogP contribution in [-0.2, 0) is 19.4 Å². The number of aryl methyl sites for hydroxylation is 1. The molecule has 146 valence electrons. The van der Waals surface area contributed by atoms with Gasteiger partial charge < -0.3 is 14.8 Å². The van der Waals surface area contributed by atoms with Crippen LogP contribution in [0.25, 0.3) is 11.3 Å². The first-order valence-electron chi connectivity index (χ1n) is 9.62. The van der Waals surface area contributed by atoms with Crippen molar-refractivity contribution in [1.82, 2.24) is 20.4 Å². The standard InChI is InChI=1S/C23H22N4O2/c1-2-21-19(22(27-29-21)18-8-4-3-5-9-18)11-17-12-20(25-15-17)23(28)26-14-16-7-6-10-24-13-16/h3-10,12-13,15,25H,2,11,14H2,1H3,(H,26,28). The van der Waals surface area contributed by atoms with Crippen LogP contribution in [0.2, 0.25) is 0 Å². The molecule has 1 amide bonds. The van der Waals surface area contributed by atoms with E-state index >= 15 is 0 Å². The Morgan fingerprint density at radius 3 is 2.76 bits per heavy atom. The Morgan fingerprint density at radius 1 is 1.14 bits per heavy atom. The van der Waals surface area contributed by atoms with Gasteiger partial charge in [-0.15, -0.1) is 0 Å². The van der Waals surface area contributed by atoms with Crippen LogP contribution in [0.1, 0.15) is 39.9 Å². The van der Waals surface area contributed by atoms with E-state index in [1.807, 2.05) is 61.7 Å². The van der Waals surface area contributed by atoms with Crippen LogP contribution >= 0.6 is 0 Å². The third kappa shape index (κ3) is 4.27. The van der Waals surface area contributed by atoms with Gasteiger partial charge in [0.15, 0.2) is 0 Å². The van der Waals surface area contributed by atoms with Crippen molar-refractivity contribution in [3.63, 3.8) is 0 Å². The molecule has 0 bridgehead atoms. The van der Waals surface area contributed by atoms with Crippen molar-refractivity contribution in [3.05, 3.63) is 95.3 Å². The van der Waals surface area contributed by atoms with Crippen LogP contribution in [0.5, 0.6) is 0 Å². The zero-order chi connectivity index (χ0) is 20.1. The first kappa shape index (κ1) is 18.7. The summed E-state index contributed by atoms with van der Waals surface area (Å²) in [5.41, 5.74) is 5.42. The third-order valence-electron chi connectivity index (χ3n) is 4.78. The fourth-order valence-corrected chi connectivity index (χ4v) is 3.28. The predicted molar refractivity (Wildman–Crippen MR) is 110 cm³/mol. The Hall–Kier alpha value is -3.67. The normalized spacial score (nSPS) is 10.8. The molecule has 6 nitrogen and oxygen atoms in total. The molecule has 0 saturated carbocycles. The molecule has 0 spiro atoms. The molecule has 0 unspecified atom stereocenters. The molecule has 0 aliphatic rings. The van der Waals surface area contributed by atoms with Gasteiger partial charge in [0, 0.05) is 49.1 Å². The molecule has 2 N–H and O–H groups in total. The monoisotopic (exact) mass is 386 g/mol. The van der Waals surface area contributed by atoms with Crippen LogP contribution in [-0.4, -0.2) is 21.0 Å². The van der Waals surface area contributed by atoms with Gasteiger partial charge >= 0.3 is 0 Å². The van der Waals surface area contributed by atoms with Gasteiger partial charge in [-0.1, -0.05) is 48.5 Å². The van der Waals surface area contributed by atoms with Crippen LogP contribution < -0.4 is 5.32 Å². The number of hydrogen-bond acceptors (Lipinski definition) is 4. The summed E-state index contributed by atoms with van der Waals surface area (Å²) in [7, 11) is 0. The summed E-state index contributed by atoms with van der Waals surface area (Å²) >= 11 is 0. The predicted octanol–water partition coefficient (Wildman–Crippen LogP) is 4.15. The highest BCUT2D eigenvalue weighted by Crippen LogP contribution is 2.28. The minimum Gasteiger partial charge on any atom is -0.360 e. The summed E-state index contributed by atoms with van der Waals surface area (Å²) in [6.45, 7) is 2.48. The highest BCUT2D eigenvalue weighted by atomic mass is 16.5. The van der Waals surface area contributed by atoms with Gasteiger partial charge in [0.25, 0.3) is 5.91 Å². The average Bonchev–Trinajstić information content (AvgIpc) is 3.41. The number of pyridine rings is 1. The van der Waals surface area contributed by atoms with Gasteiger partial charge in [-0.05, 0) is 23.3 Å². The third-order valence-corrected chi connectivity index (χ3v) is 4.78. The Morgan fingerprint density at radius 2 is 2.00 bits per heavy atom. The number of hydrogen-bond donors (Lipinski definition) is 2. The second-order valence-corrected chi connectivity index (χ2v) is 6.79. The zero-order valence-electron chi connectivity index (χ0n) is 16.2. The van der Waals surface area contributed by atoms with Gasteiger partial charge in [0.2, 0.25) is 0 Å². The Labute approximate surface area is 169 Å². The number of aromatic nitrogens is 3. The lowest BCUT2D eigenvalue weighted by atomic mass is 10.00. The quantitative estimate of drug-likeness (QED) is 0.500. The zero-order valence-corrected chi connectivity index (χ0v) is 16.2. The first-order valence-corrected chi connectivity index (χ1v) is 9.62. The summed E-state index contributed by atoms with van der Waals surface area (Å²) in [4.78, 5) is 19.6. The van der Waals surface area contributed by atoms with Crippen LogP contribution in [0, 0.1) is 0 Å². The highest BCUT2D eigenvalue weighted by Gasteiger charge is 2.18. The van der Waals surface area contributed by atoms with E-state index in [-0.39, 0.29) is 5.91 Å². The minimum absolute atomic E-state index is 0.149. The number of H-pyrrole nitrogens is 1. The van der Waals surface area contributed by atoms with Gasteiger partial charge in [-0.3, -0.25) is 9.78 Å². The van der Waals surface area contributed by atoms with Crippen LogP contribution in [0.4, 0.5) is 0 Å². The summed E-state index contributed by atoms with van der Waals surface area (Å²) in [5.74, 6) is 0.719. The fourth-order valence-electron chi connectivity index (χ4n) is 3.28. The minimum atomic E-state index is -0.149. The van der Waals surface area contributed by atoms with Gasteiger partial charge in [0.05, 0.1) is 0 Å². The molecular weight excluding hydrogens is 364 g/mol. The van der Waals surface area contributed by atoms with E-state index in [0.717, 1.165) is 40.1 Å². The first-order chi connectivity index (χ1) is 14.2. The molecule has 29 heavy (non-hydrogen) atoms. The molecule has 0 radical (unpaired) electrons. The van der Waals surface area contributed by atoms with Crippen molar-refractivity contribution >= 4 is 5.91 Å². The summed E-state index contributed by atoms with van der Waals surface area (Å²) < 4.78 is 5.57. The maximum atomic E-state index is 12.5. The molecule has 3 heterocycles. The van der Waals surface area contributed by atoms with E-state index in [4.69, 9.17) is 4.52 Å².